The first-order valence-electron chi connectivity index (χ1n) is 7.49. The van der Waals surface area contributed by atoms with Crippen molar-refractivity contribution in [2.45, 2.75) is 26.6 Å². The van der Waals surface area contributed by atoms with Crippen LogP contribution in [0.1, 0.15) is 34.0 Å². The van der Waals surface area contributed by atoms with Crippen LogP contribution in [0.4, 0.5) is 18.9 Å². The number of halogens is 4. The molecule has 1 N–H and O–H groups in total. The Morgan fingerprint density at radius 1 is 1.15 bits per heavy atom. The fraction of sp³-hybridized carbons (Fsp3) is 0.222. The Hall–Kier alpha value is -2.10. The van der Waals surface area contributed by atoms with Crippen molar-refractivity contribution in [1.29, 1.82) is 0 Å². The maximum atomic E-state index is 13.3. The molecule has 0 radical (unpaired) electrons. The SMILES string of the molecule is CC(=O)OCc1ccc(NC(=O)c2ccc(C)c(I)c2)cc1C(F)(F)F. The lowest BCUT2D eigenvalue weighted by Gasteiger charge is -2.15. The molecule has 0 saturated carbocycles. The highest BCUT2D eigenvalue weighted by molar-refractivity contribution is 14.1. The second kappa shape index (κ2) is 8.07. The molecule has 2 aromatic rings. The molecule has 2 rings (SSSR count). The number of hydrogen-bond acceptors (Lipinski definition) is 3. The van der Waals surface area contributed by atoms with Crippen LogP contribution in [0.15, 0.2) is 36.4 Å². The first kappa shape index (κ1) is 20.2. The molecule has 8 heteroatoms. The highest BCUT2D eigenvalue weighted by Gasteiger charge is 2.34. The van der Waals surface area contributed by atoms with Crippen LogP contribution in [0.2, 0.25) is 0 Å². The van der Waals surface area contributed by atoms with Crippen molar-refractivity contribution in [3.63, 3.8) is 0 Å². The number of amides is 1. The molecule has 0 aliphatic rings. The lowest BCUT2D eigenvalue weighted by Crippen LogP contribution is -2.15. The first-order chi connectivity index (χ1) is 12.1. The molecular weight excluding hydrogens is 462 g/mol. The Bertz CT molecular complexity index is 850. The van der Waals surface area contributed by atoms with Crippen molar-refractivity contribution < 1.29 is 27.5 Å². The maximum Gasteiger partial charge on any atom is 0.416 e. The normalized spacial score (nSPS) is 11.2. The molecule has 26 heavy (non-hydrogen) atoms. The van der Waals surface area contributed by atoms with Crippen LogP contribution in [0.5, 0.6) is 0 Å². The van der Waals surface area contributed by atoms with E-state index in [1.54, 1.807) is 18.2 Å². The largest absolute Gasteiger partial charge is 0.461 e. The van der Waals surface area contributed by atoms with Gasteiger partial charge < -0.3 is 10.1 Å². The average molecular weight is 477 g/mol. The maximum absolute atomic E-state index is 13.3. The summed E-state index contributed by atoms with van der Waals surface area (Å²) in [5.74, 6) is -1.19. The van der Waals surface area contributed by atoms with Crippen molar-refractivity contribution in [1.82, 2.24) is 0 Å². The molecule has 0 bridgehead atoms. The van der Waals surface area contributed by atoms with E-state index < -0.39 is 30.2 Å². The van der Waals surface area contributed by atoms with Crippen LogP contribution in [0, 0.1) is 10.5 Å². The first-order valence-corrected chi connectivity index (χ1v) is 8.57. The topological polar surface area (TPSA) is 55.4 Å². The lowest BCUT2D eigenvalue weighted by atomic mass is 10.1. The summed E-state index contributed by atoms with van der Waals surface area (Å²) >= 11 is 2.08. The van der Waals surface area contributed by atoms with Crippen LogP contribution >= 0.6 is 22.6 Å². The van der Waals surface area contributed by atoms with Gasteiger partial charge in [-0.2, -0.15) is 13.2 Å². The predicted molar refractivity (Wildman–Crippen MR) is 98.8 cm³/mol. The van der Waals surface area contributed by atoms with Gasteiger partial charge in [0.25, 0.3) is 5.91 Å². The summed E-state index contributed by atoms with van der Waals surface area (Å²) in [7, 11) is 0. The number of esters is 1. The van der Waals surface area contributed by atoms with Gasteiger partial charge >= 0.3 is 12.1 Å². The van der Waals surface area contributed by atoms with E-state index in [-0.39, 0.29) is 11.3 Å². The minimum Gasteiger partial charge on any atom is -0.461 e. The van der Waals surface area contributed by atoms with E-state index in [4.69, 9.17) is 0 Å². The summed E-state index contributed by atoms with van der Waals surface area (Å²) in [6.07, 6.45) is -4.64. The average Bonchev–Trinajstić information content (AvgIpc) is 2.55. The summed E-state index contributed by atoms with van der Waals surface area (Å²) in [6.45, 7) is 2.51. The van der Waals surface area contributed by atoms with Gasteiger partial charge in [0.05, 0.1) is 5.56 Å². The van der Waals surface area contributed by atoms with E-state index in [0.717, 1.165) is 22.1 Å². The third kappa shape index (κ3) is 5.20. The summed E-state index contributed by atoms with van der Waals surface area (Å²) in [6, 6.07) is 8.37. The molecule has 138 valence electrons. The van der Waals surface area contributed by atoms with Crippen LogP contribution in [-0.4, -0.2) is 11.9 Å². The molecule has 0 saturated heterocycles. The molecule has 2 aromatic carbocycles. The minimum atomic E-state index is -4.64. The molecular formula is C18H15F3INO3. The van der Waals surface area contributed by atoms with Gasteiger partial charge in [-0.25, -0.2) is 0 Å². The third-order valence-corrected chi connectivity index (χ3v) is 4.70. The molecule has 4 nitrogen and oxygen atoms in total. The second-order valence-corrected chi connectivity index (χ2v) is 6.73. The van der Waals surface area contributed by atoms with Crippen LogP contribution in [0.3, 0.4) is 0 Å². The number of benzene rings is 2. The molecule has 0 aromatic heterocycles. The number of hydrogen-bond donors (Lipinski definition) is 1. The Morgan fingerprint density at radius 2 is 1.85 bits per heavy atom. The molecule has 0 heterocycles. The number of nitrogens with one attached hydrogen (secondary N) is 1. The van der Waals surface area contributed by atoms with Crippen LogP contribution in [0.25, 0.3) is 0 Å². The fourth-order valence-electron chi connectivity index (χ4n) is 2.16. The summed E-state index contributed by atoms with van der Waals surface area (Å²) in [4.78, 5) is 23.1. The Balaban J connectivity index is 2.27. The second-order valence-electron chi connectivity index (χ2n) is 5.57. The zero-order valence-corrected chi connectivity index (χ0v) is 16.1. The van der Waals surface area contributed by atoms with Crippen molar-refractivity contribution in [2.24, 2.45) is 0 Å². The van der Waals surface area contributed by atoms with Crippen molar-refractivity contribution in [2.75, 3.05) is 5.32 Å². The molecule has 0 aliphatic heterocycles. The van der Waals surface area contributed by atoms with Gasteiger partial charge in [-0.1, -0.05) is 12.1 Å². The van der Waals surface area contributed by atoms with Crippen molar-refractivity contribution in [3.05, 3.63) is 62.2 Å². The zero-order valence-electron chi connectivity index (χ0n) is 13.9. The van der Waals surface area contributed by atoms with Gasteiger partial charge in [0.15, 0.2) is 0 Å². The number of anilines is 1. The molecule has 0 atom stereocenters. The van der Waals surface area contributed by atoms with Gasteiger partial charge in [-0.05, 0) is 59.3 Å². The van der Waals surface area contributed by atoms with E-state index in [1.165, 1.54) is 12.1 Å². The molecule has 1 amide bonds. The van der Waals surface area contributed by atoms with Gasteiger partial charge in [-0.3, -0.25) is 9.59 Å². The summed E-state index contributed by atoms with van der Waals surface area (Å²) < 4.78 is 45.3. The number of aryl methyl sites for hydroxylation is 1. The Morgan fingerprint density at radius 3 is 2.42 bits per heavy atom. The van der Waals surface area contributed by atoms with E-state index in [1.807, 2.05) is 6.92 Å². The Labute approximate surface area is 161 Å². The van der Waals surface area contributed by atoms with E-state index in [9.17, 15) is 22.8 Å². The summed E-state index contributed by atoms with van der Waals surface area (Å²) in [5.41, 5.74) is 0.198. The summed E-state index contributed by atoms with van der Waals surface area (Å²) in [5, 5.41) is 2.46. The number of rotatable bonds is 4. The number of carbonyl (C=O) groups excluding carboxylic acids is 2. The van der Waals surface area contributed by atoms with Gasteiger partial charge in [-0.15, -0.1) is 0 Å². The fourth-order valence-corrected chi connectivity index (χ4v) is 2.68. The molecule has 0 aliphatic carbocycles. The Kier molecular flexibility index (Phi) is 6.27. The standard InChI is InChI=1S/C18H15F3INO3/c1-10-3-4-12(7-16(10)22)17(25)23-14-6-5-13(9-26-11(2)24)15(8-14)18(19,20)21/h3-8H,9H2,1-2H3,(H,23,25). The highest BCUT2D eigenvalue weighted by Crippen LogP contribution is 2.34. The lowest BCUT2D eigenvalue weighted by molar-refractivity contribution is -0.145. The monoisotopic (exact) mass is 477 g/mol. The van der Waals surface area contributed by atoms with Crippen LogP contribution < -0.4 is 5.32 Å². The van der Waals surface area contributed by atoms with Gasteiger partial charge in [0, 0.05) is 27.3 Å². The zero-order chi connectivity index (χ0) is 19.5. The number of ether oxygens (including phenoxy) is 1. The van der Waals surface area contributed by atoms with Gasteiger partial charge in [0.1, 0.15) is 6.61 Å². The van der Waals surface area contributed by atoms with Crippen molar-refractivity contribution >= 4 is 40.2 Å². The van der Waals surface area contributed by atoms with Gasteiger partial charge in [0.2, 0.25) is 0 Å². The van der Waals surface area contributed by atoms with Crippen molar-refractivity contribution in [3.8, 4) is 0 Å². The van der Waals surface area contributed by atoms with E-state index in [0.29, 0.717) is 5.56 Å². The minimum absolute atomic E-state index is 0.00415. The third-order valence-electron chi connectivity index (χ3n) is 3.54. The number of alkyl halides is 3. The molecule has 0 spiro atoms. The van der Waals surface area contributed by atoms with Crippen LogP contribution in [-0.2, 0) is 22.3 Å². The highest BCUT2D eigenvalue weighted by atomic mass is 127. The van der Waals surface area contributed by atoms with E-state index >= 15 is 0 Å². The van der Waals surface area contributed by atoms with E-state index in [2.05, 4.69) is 32.6 Å². The quantitative estimate of drug-likeness (QED) is 0.502. The predicted octanol–water partition coefficient (Wildman–Crippen LogP) is 4.93. The molecule has 0 fully saturated rings. The smallest absolute Gasteiger partial charge is 0.416 e. The number of carbonyl (C=O) groups is 2. The molecule has 0 unspecified atom stereocenters.